The molecule has 1 amide bonds. The van der Waals surface area contributed by atoms with E-state index in [9.17, 15) is 4.79 Å². The van der Waals surface area contributed by atoms with Crippen LogP contribution in [0.4, 0.5) is 5.69 Å². The number of hydrogen-bond acceptors (Lipinski definition) is 3. The van der Waals surface area contributed by atoms with Gasteiger partial charge >= 0.3 is 0 Å². The van der Waals surface area contributed by atoms with Gasteiger partial charge in [0.05, 0.1) is 15.8 Å². The maximum atomic E-state index is 12.5. The minimum absolute atomic E-state index is 0.0752. The molecule has 28 heavy (non-hydrogen) atoms. The van der Waals surface area contributed by atoms with Crippen molar-refractivity contribution in [3.63, 3.8) is 0 Å². The van der Waals surface area contributed by atoms with Crippen LogP contribution in [0.1, 0.15) is 36.8 Å². The second-order valence-corrected chi connectivity index (χ2v) is 10.5. The Morgan fingerprint density at radius 2 is 1.71 bits per heavy atom. The second kappa shape index (κ2) is 10.3. The zero-order valence-corrected chi connectivity index (χ0v) is 19.3. The predicted molar refractivity (Wildman–Crippen MR) is 125 cm³/mol. The molecule has 1 aliphatic rings. The lowest BCUT2D eigenvalue weighted by Gasteiger charge is -2.30. The van der Waals surface area contributed by atoms with E-state index >= 15 is 0 Å². The van der Waals surface area contributed by atoms with Crippen molar-refractivity contribution in [3.8, 4) is 0 Å². The monoisotopic (exact) mass is 453 g/mol. The Hall–Kier alpha value is -0.810. The van der Waals surface area contributed by atoms with E-state index in [0.29, 0.717) is 26.3 Å². The minimum atomic E-state index is 0.0752. The summed E-state index contributed by atoms with van der Waals surface area (Å²) in [6, 6.07) is 11.9. The number of halogens is 2. The van der Waals surface area contributed by atoms with Crippen LogP contribution in [0, 0.1) is 13.8 Å². The van der Waals surface area contributed by atoms with Crippen molar-refractivity contribution < 1.29 is 4.79 Å². The van der Waals surface area contributed by atoms with Gasteiger partial charge < -0.3 is 5.32 Å². The molecule has 6 heteroatoms. The van der Waals surface area contributed by atoms with E-state index in [1.165, 1.54) is 19.3 Å². The van der Waals surface area contributed by atoms with Gasteiger partial charge in [0.1, 0.15) is 0 Å². The normalized spacial score (nSPS) is 19.4. The van der Waals surface area contributed by atoms with Crippen LogP contribution in [0.3, 0.4) is 0 Å². The highest BCUT2D eigenvalue weighted by Gasteiger charge is 2.27. The van der Waals surface area contributed by atoms with Gasteiger partial charge in [0.25, 0.3) is 0 Å². The molecule has 2 nitrogen and oxygen atoms in total. The zero-order valence-electron chi connectivity index (χ0n) is 16.1. The first-order chi connectivity index (χ1) is 13.4. The number of thioether (sulfide) groups is 2. The minimum Gasteiger partial charge on any atom is -0.325 e. The highest BCUT2D eigenvalue weighted by molar-refractivity contribution is 8.04. The second-order valence-electron chi connectivity index (χ2n) is 7.18. The molecule has 0 radical (unpaired) electrons. The lowest BCUT2D eigenvalue weighted by Crippen LogP contribution is -2.27. The van der Waals surface area contributed by atoms with E-state index < -0.39 is 0 Å². The number of amides is 1. The number of benzene rings is 2. The summed E-state index contributed by atoms with van der Waals surface area (Å²) in [5.74, 6) is 0.558. The Balaban J connectivity index is 1.58. The molecular formula is C22H25Cl2NOS2. The molecule has 0 spiro atoms. The van der Waals surface area contributed by atoms with Crippen molar-refractivity contribution in [2.24, 2.45) is 0 Å². The largest absolute Gasteiger partial charge is 0.325 e. The van der Waals surface area contributed by atoms with Gasteiger partial charge in [0.15, 0.2) is 0 Å². The molecule has 150 valence electrons. The summed E-state index contributed by atoms with van der Waals surface area (Å²) in [7, 11) is 0. The number of anilines is 1. The Kier molecular flexibility index (Phi) is 8.04. The summed E-state index contributed by atoms with van der Waals surface area (Å²) >= 11 is 15.8. The number of rotatable bonds is 6. The van der Waals surface area contributed by atoms with Crippen molar-refractivity contribution in [2.45, 2.75) is 54.9 Å². The summed E-state index contributed by atoms with van der Waals surface area (Å²) in [5, 5.41) is 5.24. The van der Waals surface area contributed by atoms with E-state index in [-0.39, 0.29) is 5.91 Å². The van der Waals surface area contributed by atoms with Crippen molar-refractivity contribution in [3.05, 3.63) is 57.6 Å². The first-order valence-corrected chi connectivity index (χ1v) is 12.2. The lowest BCUT2D eigenvalue weighted by molar-refractivity contribution is -0.113. The van der Waals surface area contributed by atoms with E-state index in [2.05, 4.69) is 5.32 Å². The number of carbonyl (C=O) groups excluding carboxylic acids is 1. The van der Waals surface area contributed by atoms with Gasteiger partial charge in [-0.2, -0.15) is 0 Å². The molecule has 1 N–H and O–H groups in total. The van der Waals surface area contributed by atoms with Gasteiger partial charge in [0.2, 0.25) is 5.91 Å². The number of nitrogens with one attached hydrogen (secondary N) is 1. The number of hydrogen-bond donors (Lipinski definition) is 1. The highest BCUT2D eigenvalue weighted by atomic mass is 35.5. The van der Waals surface area contributed by atoms with Crippen LogP contribution in [0.2, 0.25) is 10.0 Å². The van der Waals surface area contributed by atoms with Crippen molar-refractivity contribution >= 4 is 58.3 Å². The average molecular weight is 454 g/mol. The summed E-state index contributed by atoms with van der Waals surface area (Å²) in [6.45, 7) is 4.06. The fourth-order valence-electron chi connectivity index (χ4n) is 3.48. The van der Waals surface area contributed by atoms with Gasteiger partial charge in [-0.3, -0.25) is 4.79 Å². The Bertz CT molecular complexity index is 823. The van der Waals surface area contributed by atoms with Crippen LogP contribution in [-0.4, -0.2) is 22.2 Å². The predicted octanol–water partition coefficient (Wildman–Crippen LogP) is 7.39. The van der Waals surface area contributed by atoms with E-state index in [1.54, 1.807) is 11.8 Å². The Morgan fingerprint density at radius 1 is 1.04 bits per heavy atom. The van der Waals surface area contributed by atoms with E-state index in [0.717, 1.165) is 28.1 Å². The van der Waals surface area contributed by atoms with E-state index in [1.807, 2.05) is 62.0 Å². The highest BCUT2D eigenvalue weighted by Crippen LogP contribution is 2.40. The van der Waals surface area contributed by atoms with Crippen molar-refractivity contribution in [1.29, 1.82) is 0 Å². The summed E-state index contributed by atoms with van der Waals surface area (Å²) in [5.41, 5.74) is 3.15. The number of aryl methyl sites for hydroxylation is 2. The van der Waals surface area contributed by atoms with Crippen LogP contribution in [0.25, 0.3) is 0 Å². The lowest BCUT2D eigenvalue weighted by atomic mass is 10.00. The fourth-order valence-corrected chi connectivity index (χ4v) is 6.62. The van der Waals surface area contributed by atoms with Crippen LogP contribution in [-0.2, 0) is 4.79 Å². The maximum Gasteiger partial charge on any atom is 0.234 e. The molecule has 0 heterocycles. The quantitative estimate of drug-likeness (QED) is 0.494. The molecule has 1 fully saturated rings. The van der Waals surface area contributed by atoms with Gasteiger partial charge in [-0.05, 0) is 56.0 Å². The Morgan fingerprint density at radius 3 is 2.39 bits per heavy atom. The van der Waals surface area contributed by atoms with Crippen LogP contribution in [0.5, 0.6) is 0 Å². The molecule has 0 saturated heterocycles. The first-order valence-electron chi connectivity index (χ1n) is 9.53. The third kappa shape index (κ3) is 5.85. The Labute approximate surface area is 186 Å². The van der Waals surface area contributed by atoms with Gasteiger partial charge in [-0.1, -0.05) is 54.2 Å². The third-order valence-corrected chi connectivity index (χ3v) is 8.72. The van der Waals surface area contributed by atoms with Gasteiger partial charge in [-0.25, -0.2) is 0 Å². The van der Waals surface area contributed by atoms with Crippen molar-refractivity contribution in [2.75, 3.05) is 11.1 Å². The molecule has 1 aliphatic carbocycles. The molecular weight excluding hydrogens is 429 g/mol. The van der Waals surface area contributed by atoms with Gasteiger partial charge in [-0.15, -0.1) is 23.5 Å². The molecule has 0 aromatic heterocycles. The SMILES string of the molecule is Cc1cccc(C)c1NC(=O)CS[C@@H]1CCCC[C@H]1Sc1ccc(Cl)c(Cl)c1. The molecule has 1 saturated carbocycles. The smallest absolute Gasteiger partial charge is 0.234 e. The van der Waals surface area contributed by atoms with E-state index in [4.69, 9.17) is 23.2 Å². The molecule has 2 aromatic rings. The molecule has 2 aromatic carbocycles. The molecule has 2 atom stereocenters. The van der Waals surface area contributed by atoms with Crippen LogP contribution in [0.15, 0.2) is 41.3 Å². The zero-order chi connectivity index (χ0) is 20.1. The topological polar surface area (TPSA) is 29.1 Å². The summed E-state index contributed by atoms with van der Waals surface area (Å²) in [4.78, 5) is 13.7. The number of para-hydroxylation sites is 1. The summed E-state index contributed by atoms with van der Waals surface area (Å²) < 4.78 is 0. The molecule has 0 unspecified atom stereocenters. The maximum absolute atomic E-state index is 12.5. The fraction of sp³-hybridized carbons (Fsp3) is 0.409. The molecule has 0 aliphatic heterocycles. The summed E-state index contributed by atoms with van der Waals surface area (Å²) in [6.07, 6.45) is 4.79. The third-order valence-electron chi connectivity index (χ3n) is 4.99. The average Bonchev–Trinajstić information content (AvgIpc) is 2.67. The first kappa shape index (κ1) is 21.9. The van der Waals surface area contributed by atoms with Gasteiger partial charge in [0, 0.05) is 21.1 Å². The number of carbonyl (C=O) groups is 1. The van der Waals surface area contributed by atoms with Crippen LogP contribution < -0.4 is 5.32 Å². The standard InChI is InChI=1S/C22H25Cl2NOS2/c1-14-6-5-7-15(2)22(14)25-21(26)13-27-19-8-3-4-9-20(19)28-16-10-11-17(23)18(24)12-16/h5-7,10-12,19-20H,3-4,8-9,13H2,1-2H3,(H,25,26)/t19-,20-/m1/s1. The van der Waals surface area contributed by atoms with Crippen molar-refractivity contribution in [1.82, 2.24) is 0 Å². The molecule has 0 bridgehead atoms. The molecule has 3 rings (SSSR count). The van der Waals surface area contributed by atoms with Crippen LogP contribution >= 0.6 is 46.7 Å².